The van der Waals surface area contributed by atoms with Crippen molar-refractivity contribution in [2.45, 2.75) is 14.7 Å². The molecule has 0 atom stereocenters. The third-order valence-electron chi connectivity index (χ3n) is 7.86. The number of nitrogens with one attached hydrogen (secondary N) is 6. The highest BCUT2D eigenvalue weighted by Crippen LogP contribution is 2.24. The van der Waals surface area contributed by atoms with Gasteiger partial charge in [0.25, 0.3) is 30.1 Å². The summed E-state index contributed by atoms with van der Waals surface area (Å²) in [5.41, 5.74) is 8.12. The van der Waals surface area contributed by atoms with Gasteiger partial charge in [0.05, 0.1) is 25.9 Å². The molecule has 19 nitrogen and oxygen atoms in total. The van der Waals surface area contributed by atoms with Crippen LogP contribution in [0.4, 0.5) is 47.7 Å². The van der Waals surface area contributed by atoms with Crippen LogP contribution in [-0.2, 0) is 30.1 Å². The monoisotopic (exact) mass is 997 g/mol. The fourth-order valence-electron chi connectivity index (χ4n) is 5.03. The first-order chi connectivity index (χ1) is 30.6. The van der Waals surface area contributed by atoms with Gasteiger partial charge in [0.1, 0.15) is 0 Å². The Hall–Kier alpha value is -6.74. The highest BCUT2D eigenvalue weighted by atomic mass is 35.5. The van der Waals surface area contributed by atoms with Gasteiger partial charge in [-0.15, -0.1) is 34.0 Å². The highest BCUT2D eigenvalue weighted by molar-refractivity contribution is 7.93. The van der Waals surface area contributed by atoms with Gasteiger partial charge >= 0.3 is 11.4 Å². The average molecular weight is 999 g/mol. The van der Waals surface area contributed by atoms with Gasteiger partial charge in [-0.05, 0) is 96.5 Å². The molecule has 0 bridgehead atoms. The Morgan fingerprint density at radius 2 is 0.922 bits per heavy atom. The molecule has 8 N–H and O–H groups in total. The van der Waals surface area contributed by atoms with Gasteiger partial charge in [-0.1, -0.05) is 18.2 Å². The van der Waals surface area contributed by atoms with Crippen molar-refractivity contribution in [2.24, 2.45) is 0 Å². The second-order valence-electron chi connectivity index (χ2n) is 12.3. The van der Waals surface area contributed by atoms with Gasteiger partial charge in [-0.3, -0.25) is 23.9 Å². The average Bonchev–Trinajstić information content (AvgIpc) is 4.08. The maximum Gasteiger partial charge on any atom is 0.323 e. The summed E-state index contributed by atoms with van der Waals surface area (Å²) in [5, 5.41) is 13.9. The Balaban J connectivity index is 0.000000169. The number of carbonyl (C=O) groups excluding carboxylic acids is 2. The minimum atomic E-state index is -3.74. The summed E-state index contributed by atoms with van der Waals surface area (Å²) < 4.78 is 79.4. The molecule has 4 aromatic heterocycles. The van der Waals surface area contributed by atoms with E-state index in [1.807, 2.05) is 24.3 Å². The van der Waals surface area contributed by atoms with Gasteiger partial charge in [0, 0.05) is 63.4 Å². The maximum absolute atomic E-state index is 12.3. The second kappa shape index (κ2) is 21.1. The first-order valence-electron chi connectivity index (χ1n) is 17.8. The normalized spacial score (nSPS) is 11.1. The molecule has 8 rings (SSSR count). The molecule has 0 aliphatic rings. The largest absolute Gasteiger partial charge is 0.399 e. The molecular weight excluding hydrogens is 966 g/mol. The number of benzene rings is 4. The molecule has 0 saturated carbocycles. The van der Waals surface area contributed by atoms with E-state index in [0.717, 1.165) is 5.39 Å². The molecule has 0 unspecified atom stereocenters. The van der Waals surface area contributed by atoms with Crippen molar-refractivity contribution in [3.05, 3.63) is 144 Å². The lowest BCUT2D eigenvalue weighted by atomic mass is 10.2. The summed E-state index contributed by atoms with van der Waals surface area (Å²) in [6.45, 7) is 0. The number of thiazole rings is 3. The van der Waals surface area contributed by atoms with Crippen molar-refractivity contribution in [3.63, 3.8) is 0 Å². The van der Waals surface area contributed by atoms with E-state index in [1.54, 1.807) is 28.4 Å². The Kier molecular flexibility index (Phi) is 15.4. The number of anilines is 7. The Morgan fingerprint density at radius 3 is 1.34 bits per heavy atom. The van der Waals surface area contributed by atoms with Crippen LogP contribution in [-0.4, -0.2) is 56.6 Å². The summed E-state index contributed by atoms with van der Waals surface area (Å²) >= 11 is 8.74. The van der Waals surface area contributed by atoms with Crippen LogP contribution in [0.2, 0.25) is 0 Å². The third-order valence-corrected chi connectivity index (χ3v) is 14.5. The lowest BCUT2D eigenvalue weighted by molar-refractivity contribution is 0.262. The van der Waals surface area contributed by atoms with Crippen molar-refractivity contribution in [1.29, 1.82) is 0 Å². The third kappa shape index (κ3) is 13.4. The van der Waals surface area contributed by atoms with Gasteiger partial charge in [-0.2, -0.15) is 0 Å². The fraction of sp³-hybridized carbons (Fsp3) is 0. The van der Waals surface area contributed by atoms with E-state index in [9.17, 15) is 34.8 Å². The predicted molar refractivity (Wildman–Crippen MR) is 252 cm³/mol. The lowest BCUT2D eigenvalue weighted by Gasteiger charge is -2.10. The van der Waals surface area contributed by atoms with Gasteiger partial charge in [-0.25, -0.2) is 45.0 Å². The molecule has 330 valence electrons. The van der Waals surface area contributed by atoms with E-state index in [0.29, 0.717) is 33.4 Å². The molecule has 4 heterocycles. The van der Waals surface area contributed by atoms with Crippen LogP contribution in [0.25, 0.3) is 10.9 Å². The standard InChI is InChI=1S/C19H15N5O3S2.C10H8ClN3O3S2.C9H9N3O2S2/c25-18(23-16-5-1-3-13-4-2-10-20-17(13)16)22-14-6-8-15(9-7-14)29(26,27)24-19-21-11-12-28-19;11-9(15)13-7-1-3-8(4-2-7)19(16,17)14-10-12-5-6-18-10;10-7-1-3-8(4-2-7)16(13,14)12-9-11-5-6-15-9/h1-12H,(H,21,24)(H2,22,23,25);1-6H,(H,12,14)(H,13,15);1-6H,10H2,(H,11,12). The number of fused-ring (bicyclic) bond motifs is 1. The van der Waals surface area contributed by atoms with E-state index in [1.165, 1.54) is 125 Å². The number of para-hydroxylation sites is 1. The molecule has 0 saturated heterocycles. The number of nitrogen functional groups attached to an aromatic ring is 1. The van der Waals surface area contributed by atoms with Crippen LogP contribution in [0.1, 0.15) is 0 Å². The zero-order valence-electron chi connectivity index (χ0n) is 32.3. The second-order valence-corrected chi connectivity index (χ2v) is 20.4. The molecule has 0 aliphatic carbocycles. The van der Waals surface area contributed by atoms with Crippen LogP contribution in [0.5, 0.6) is 0 Å². The number of nitrogens with zero attached hydrogens (tertiary/aromatic N) is 4. The Morgan fingerprint density at radius 1 is 0.500 bits per heavy atom. The topological polar surface area (TPSA) is 286 Å². The molecule has 0 radical (unpaired) electrons. The number of halogens is 1. The molecular formula is C38H32ClN11O8S6. The summed E-state index contributed by atoms with van der Waals surface area (Å²) in [7, 11) is -11.0. The van der Waals surface area contributed by atoms with Crippen LogP contribution >= 0.6 is 45.6 Å². The Labute approximate surface area is 383 Å². The molecule has 0 spiro atoms. The number of hydrogen-bond donors (Lipinski definition) is 7. The van der Waals surface area contributed by atoms with E-state index >= 15 is 0 Å². The molecule has 4 aromatic carbocycles. The van der Waals surface area contributed by atoms with Gasteiger partial charge < -0.3 is 21.7 Å². The number of carbonyl (C=O) groups is 2. The zero-order valence-corrected chi connectivity index (χ0v) is 38.0. The number of aromatic nitrogens is 4. The quantitative estimate of drug-likeness (QED) is 0.0344. The van der Waals surface area contributed by atoms with Crippen molar-refractivity contribution >= 4 is 136 Å². The van der Waals surface area contributed by atoms with Crippen LogP contribution in [0.15, 0.2) is 159 Å². The SMILES string of the molecule is Nc1ccc(S(=O)(=O)Nc2nccs2)cc1.O=C(Cl)Nc1ccc(S(=O)(=O)Nc2nccs2)cc1.O=C(Nc1ccc(S(=O)(=O)Nc2nccs2)cc1)Nc1cccc2cccnc12. The smallest absolute Gasteiger partial charge is 0.323 e. The summed E-state index contributed by atoms with van der Waals surface area (Å²) in [6.07, 6.45) is 6.21. The molecule has 8 aromatic rings. The number of rotatable bonds is 12. The van der Waals surface area contributed by atoms with Crippen molar-refractivity contribution in [3.8, 4) is 0 Å². The molecule has 26 heteroatoms. The minimum absolute atomic E-state index is 0.0651. The Bertz CT molecular complexity index is 3140. The number of sulfonamides is 3. The summed E-state index contributed by atoms with van der Waals surface area (Å²) in [6, 6.07) is 26.2. The van der Waals surface area contributed by atoms with E-state index < -0.39 is 41.5 Å². The van der Waals surface area contributed by atoms with E-state index in [2.05, 4.69) is 50.1 Å². The molecule has 0 fully saturated rings. The maximum atomic E-state index is 12.3. The van der Waals surface area contributed by atoms with Crippen molar-refractivity contribution in [1.82, 2.24) is 19.9 Å². The zero-order chi connectivity index (χ0) is 45.7. The van der Waals surface area contributed by atoms with Crippen LogP contribution < -0.4 is 35.9 Å². The van der Waals surface area contributed by atoms with Crippen molar-refractivity contribution < 1.29 is 34.8 Å². The number of hydrogen-bond acceptors (Lipinski definition) is 16. The highest BCUT2D eigenvalue weighted by Gasteiger charge is 2.18. The lowest BCUT2D eigenvalue weighted by Crippen LogP contribution is -2.20. The van der Waals surface area contributed by atoms with Crippen molar-refractivity contribution in [2.75, 3.05) is 35.9 Å². The van der Waals surface area contributed by atoms with Crippen LogP contribution in [0, 0.1) is 0 Å². The molecule has 3 amide bonds. The molecule has 0 aliphatic heterocycles. The van der Waals surface area contributed by atoms with E-state index in [-0.39, 0.29) is 24.9 Å². The number of pyridine rings is 1. The van der Waals surface area contributed by atoms with E-state index in [4.69, 9.17) is 17.3 Å². The number of amides is 3. The first kappa shape index (κ1) is 46.8. The number of nitrogens with two attached hydrogens (primary N) is 1. The predicted octanol–water partition coefficient (Wildman–Crippen LogP) is 8.38. The first-order valence-corrected chi connectivity index (χ1v) is 25.2. The number of urea groups is 1. The molecule has 64 heavy (non-hydrogen) atoms. The summed E-state index contributed by atoms with van der Waals surface area (Å²) in [5.74, 6) is 0. The fourth-order valence-corrected chi connectivity index (χ4v) is 10.5. The minimum Gasteiger partial charge on any atom is -0.399 e. The summed E-state index contributed by atoms with van der Waals surface area (Å²) in [4.78, 5) is 39.1. The van der Waals surface area contributed by atoms with Gasteiger partial charge in [0.2, 0.25) is 0 Å². The van der Waals surface area contributed by atoms with Gasteiger partial charge in [0.15, 0.2) is 15.4 Å². The van der Waals surface area contributed by atoms with Crippen LogP contribution in [0.3, 0.4) is 0 Å².